The molecule has 0 bridgehead atoms. The van der Waals surface area contributed by atoms with Crippen LogP contribution in [-0.4, -0.2) is 36.5 Å². The molecule has 0 aliphatic carbocycles. The number of nitrogens with zero attached hydrogens (tertiary/aromatic N) is 2. The molecule has 1 aromatic rings. The number of nitro groups is 1. The lowest BCUT2D eigenvalue weighted by Gasteiger charge is -2.06. The van der Waals surface area contributed by atoms with E-state index >= 15 is 0 Å². The quantitative estimate of drug-likeness (QED) is 0.492. The second kappa shape index (κ2) is 6.86. The van der Waals surface area contributed by atoms with Gasteiger partial charge in [-0.3, -0.25) is 14.9 Å². The lowest BCUT2D eigenvalue weighted by Crippen LogP contribution is -2.22. The van der Waals surface area contributed by atoms with E-state index in [0.29, 0.717) is 17.7 Å². The Balaban J connectivity index is 1.91. The zero-order valence-electron chi connectivity index (χ0n) is 12.6. The summed E-state index contributed by atoms with van der Waals surface area (Å²) in [7, 11) is -3.00. The molecule has 124 valence electrons. The Labute approximate surface area is 133 Å². The van der Waals surface area contributed by atoms with Crippen molar-refractivity contribution in [3.63, 3.8) is 0 Å². The molecule has 0 aromatic heterocycles. The van der Waals surface area contributed by atoms with Crippen molar-refractivity contribution in [3.8, 4) is 0 Å². The maximum atomic E-state index is 11.8. The normalized spacial score (nSPS) is 20.2. The Kier molecular flexibility index (Phi) is 5.09. The van der Waals surface area contributed by atoms with Crippen LogP contribution in [0.3, 0.4) is 0 Å². The highest BCUT2D eigenvalue weighted by molar-refractivity contribution is 7.91. The van der Waals surface area contributed by atoms with Gasteiger partial charge in [-0.1, -0.05) is 0 Å². The average molecular weight is 339 g/mol. The number of carbonyl (C=O) groups excluding carboxylic acids is 1. The van der Waals surface area contributed by atoms with E-state index in [0.717, 1.165) is 0 Å². The molecule has 0 spiro atoms. The van der Waals surface area contributed by atoms with Crippen molar-refractivity contribution in [2.75, 3.05) is 11.5 Å². The predicted molar refractivity (Wildman–Crippen MR) is 84.8 cm³/mol. The highest BCUT2D eigenvalue weighted by atomic mass is 32.2. The van der Waals surface area contributed by atoms with Crippen LogP contribution in [0.25, 0.3) is 0 Å². The molecule has 1 amide bonds. The van der Waals surface area contributed by atoms with Crippen LogP contribution < -0.4 is 5.43 Å². The van der Waals surface area contributed by atoms with Crippen LogP contribution in [-0.2, 0) is 14.6 Å². The highest BCUT2D eigenvalue weighted by Crippen LogP contribution is 2.21. The van der Waals surface area contributed by atoms with Gasteiger partial charge in [-0.2, -0.15) is 5.10 Å². The molecule has 0 radical (unpaired) electrons. The molecule has 1 atom stereocenters. The fraction of sp³-hybridized carbons (Fsp3) is 0.429. The molecule has 9 heteroatoms. The largest absolute Gasteiger partial charge is 0.273 e. The number of nitro benzene ring substituents is 1. The number of non-ortho nitro benzene ring substituents is 1. The van der Waals surface area contributed by atoms with Gasteiger partial charge in [0.15, 0.2) is 9.84 Å². The highest BCUT2D eigenvalue weighted by Gasteiger charge is 2.29. The third kappa shape index (κ3) is 4.85. The first kappa shape index (κ1) is 17.1. The number of nitrogens with one attached hydrogen (secondary N) is 1. The molecule has 1 saturated heterocycles. The van der Waals surface area contributed by atoms with E-state index in [4.69, 9.17) is 0 Å². The van der Waals surface area contributed by atoms with Crippen molar-refractivity contribution in [1.29, 1.82) is 0 Å². The van der Waals surface area contributed by atoms with Crippen molar-refractivity contribution in [2.45, 2.75) is 19.8 Å². The second-order valence-electron chi connectivity index (χ2n) is 5.51. The number of sulfone groups is 1. The lowest BCUT2D eigenvalue weighted by molar-refractivity contribution is -0.384. The standard InChI is InChI=1S/C14H17N3O5S/c1-10(12-2-4-13(5-3-12)17(19)20)15-16-14(18)8-11-6-7-23(21,22)9-11/h2-5,11H,6-9H2,1H3,(H,16,18)/b15-10-/t11-/m0/s1. The Morgan fingerprint density at radius 3 is 2.57 bits per heavy atom. The molecule has 0 saturated carbocycles. The molecule has 1 heterocycles. The molecule has 8 nitrogen and oxygen atoms in total. The van der Waals surface area contributed by atoms with E-state index in [1.54, 1.807) is 19.1 Å². The van der Waals surface area contributed by atoms with Gasteiger partial charge in [0.2, 0.25) is 5.91 Å². The van der Waals surface area contributed by atoms with Crippen molar-refractivity contribution in [1.82, 2.24) is 5.43 Å². The minimum atomic E-state index is -3.00. The summed E-state index contributed by atoms with van der Waals surface area (Å²) in [5.41, 5.74) is 3.53. The predicted octanol–water partition coefficient (Wildman–Crippen LogP) is 1.26. The Hall–Kier alpha value is -2.29. The van der Waals surface area contributed by atoms with E-state index in [9.17, 15) is 23.3 Å². The maximum Gasteiger partial charge on any atom is 0.269 e. The number of rotatable bonds is 5. The summed E-state index contributed by atoms with van der Waals surface area (Å²) in [6, 6.07) is 5.82. The van der Waals surface area contributed by atoms with E-state index in [1.807, 2.05) is 0 Å². The monoisotopic (exact) mass is 339 g/mol. The number of carbonyl (C=O) groups is 1. The van der Waals surface area contributed by atoms with Gasteiger partial charge in [-0.05, 0) is 37.0 Å². The van der Waals surface area contributed by atoms with Crippen LogP contribution >= 0.6 is 0 Å². The number of amides is 1. The van der Waals surface area contributed by atoms with E-state index in [1.165, 1.54) is 12.1 Å². The first-order chi connectivity index (χ1) is 10.8. The minimum absolute atomic E-state index is 0.0203. The third-order valence-corrected chi connectivity index (χ3v) is 5.48. The van der Waals surface area contributed by atoms with Gasteiger partial charge in [-0.25, -0.2) is 13.8 Å². The fourth-order valence-corrected chi connectivity index (χ4v) is 4.24. The van der Waals surface area contributed by atoms with Crippen LogP contribution in [0, 0.1) is 16.0 Å². The summed E-state index contributed by atoms with van der Waals surface area (Å²) in [5, 5.41) is 14.5. The molecular weight excluding hydrogens is 322 g/mol. The Bertz CT molecular complexity index is 740. The van der Waals surface area contributed by atoms with Gasteiger partial charge >= 0.3 is 0 Å². The molecular formula is C14H17N3O5S. The maximum absolute atomic E-state index is 11.8. The van der Waals surface area contributed by atoms with Crippen molar-refractivity contribution in [3.05, 3.63) is 39.9 Å². The minimum Gasteiger partial charge on any atom is -0.273 e. The lowest BCUT2D eigenvalue weighted by atomic mass is 10.1. The van der Waals surface area contributed by atoms with Crippen LogP contribution in [0.15, 0.2) is 29.4 Å². The molecule has 23 heavy (non-hydrogen) atoms. The van der Waals surface area contributed by atoms with Gasteiger partial charge in [0.05, 0.1) is 22.1 Å². The number of hydrazone groups is 1. The number of hydrogen-bond donors (Lipinski definition) is 1. The topological polar surface area (TPSA) is 119 Å². The average Bonchev–Trinajstić information content (AvgIpc) is 2.83. The van der Waals surface area contributed by atoms with Gasteiger partial charge in [0.1, 0.15) is 0 Å². The van der Waals surface area contributed by atoms with Crippen LogP contribution in [0.5, 0.6) is 0 Å². The fourth-order valence-electron chi connectivity index (χ4n) is 2.38. The summed E-state index contributed by atoms with van der Waals surface area (Å²) >= 11 is 0. The van der Waals surface area contributed by atoms with Crippen LogP contribution in [0.1, 0.15) is 25.3 Å². The molecule has 0 unspecified atom stereocenters. The zero-order chi connectivity index (χ0) is 17.0. The molecule has 2 rings (SSSR count). The number of benzene rings is 1. The smallest absolute Gasteiger partial charge is 0.269 e. The number of hydrogen-bond acceptors (Lipinski definition) is 6. The second-order valence-corrected chi connectivity index (χ2v) is 7.74. The third-order valence-electron chi connectivity index (χ3n) is 3.65. The van der Waals surface area contributed by atoms with Crippen molar-refractivity contribution < 1.29 is 18.1 Å². The first-order valence-corrected chi connectivity index (χ1v) is 8.87. The molecule has 1 aromatic carbocycles. The van der Waals surface area contributed by atoms with Gasteiger partial charge in [-0.15, -0.1) is 0 Å². The van der Waals surface area contributed by atoms with Gasteiger partial charge in [0, 0.05) is 18.6 Å². The first-order valence-electron chi connectivity index (χ1n) is 7.05. The summed E-state index contributed by atoms with van der Waals surface area (Å²) < 4.78 is 22.7. The Morgan fingerprint density at radius 1 is 1.39 bits per heavy atom. The molecule has 1 aliphatic heterocycles. The molecule has 1 N–H and O–H groups in total. The van der Waals surface area contributed by atoms with Crippen molar-refractivity contribution in [2.24, 2.45) is 11.0 Å². The van der Waals surface area contributed by atoms with Crippen LogP contribution in [0.4, 0.5) is 5.69 Å². The summed E-state index contributed by atoms with van der Waals surface area (Å²) in [5.74, 6) is -0.315. The summed E-state index contributed by atoms with van der Waals surface area (Å²) in [6.45, 7) is 1.67. The summed E-state index contributed by atoms with van der Waals surface area (Å²) in [6.07, 6.45) is 0.622. The van der Waals surface area contributed by atoms with Crippen LogP contribution in [0.2, 0.25) is 0 Å². The van der Waals surface area contributed by atoms with E-state index in [-0.39, 0.29) is 35.4 Å². The summed E-state index contributed by atoms with van der Waals surface area (Å²) in [4.78, 5) is 21.9. The van der Waals surface area contributed by atoms with Crippen molar-refractivity contribution >= 4 is 27.1 Å². The van der Waals surface area contributed by atoms with E-state index in [2.05, 4.69) is 10.5 Å². The van der Waals surface area contributed by atoms with Gasteiger partial charge < -0.3 is 0 Å². The SMILES string of the molecule is C/C(=N/NC(=O)C[C@@H]1CCS(=O)(=O)C1)c1ccc([N+](=O)[O-])cc1. The van der Waals surface area contributed by atoms with Gasteiger partial charge in [0.25, 0.3) is 5.69 Å². The molecule has 1 aliphatic rings. The van der Waals surface area contributed by atoms with E-state index < -0.39 is 14.8 Å². The molecule has 1 fully saturated rings. The zero-order valence-corrected chi connectivity index (χ0v) is 13.4. The Morgan fingerprint density at radius 2 is 2.04 bits per heavy atom.